The van der Waals surface area contributed by atoms with Crippen LogP contribution in [0.25, 0.3) is 22.2 Å². The number of nitrogens with zero attached hydrogens (tertiary/aromatic N) is 3. The molecule has 7 nitrogen and oxygen atoms in total. The van der Waals surface area contributed by atoms with Crippen LogP contribution in [0.15, 0.2) is 75.0 Å². The average molecular weight is 498 g/mol. The summed E-state index contributed by atoms with van der Waals surface area (Å²) in [7, 11) is 0. The molecule has 0 saturated heterocycles. The molecule has 1 aliphatic rings. The van der Waals surface area contributed by atoms with Crippen LogP contribution < -0.4 is 5.56 Å². The second-order valence-electron chi connectivity index (χ2n) is 9.45. The van der Waals surface area contributed by atoms with E-state index in [9.17, 15) is 9.59 Å². The number of carbonyl (C=O) groups is 1. The van der Waals surface area contributed by atoms with Crippen molar-refractivity contribution in [1.29, 1.82) is 0 Å². The first-order valence-corrected chi connectivity index (χ1v) is 13.1. The van der Waals surface area contributed by atoms with Crippen LogP contribution in [0.4, 0.5) is 0 Å². The van der Waals surface area contributed by atoms with Crippen molar-refractivity contribution in [3.63, 3.8) is 0 Å². The van der Waals surface area contributed by atoms with Crippen molar-refractivity contribution in [2.24, 2.45) is 5.10 Å². The topological polar surface area (TPSA) is 86.7 Å². The van der Waals surface area contributed by atoms with Crippen LogP contribution in [-0.4, -0.2) is 28.5 Å². The van der Waals surface area contributed by atoms with E-state index in [1.165, 1.54) is 11.1 Å². The maximum Gasteiger partial charge on any atom is 0.338 e. The van der Waals surface area contributed by atoms with Gasteiger partial charge >= 0.3 is 5.97 Å². The SMILES string of the molecule is CCCCOC(=O)c1ccc(-c2ccc(C=Nn3c(C4CCCCC4)nc4ccccc4c3=O)o2)cc1. The molecule has 5 rings (SSSR count). The lowest BCUT2D eigenvalue weighted by molar-refractivity contribution is 0.0499. The normalized spacial score (nSPS) is 14.4. The van der Waals surface area contributed by atoms with Gasteiger partial charge in [0.2, 0.25) is 0 Å². The molecule has 2 aromatic heterocycles. The smallest absolute Gasteiger partial charge is 0.338 e. The molecule has 1 fully saturated rings. The highest BCUT2D eigenvalue weighted by Crippen LogP contribution is 2.32. The summed E-state index contributed by atoms with van der Waals surface area (Å²) in [5.74, 6) is 1.77. The van der Waals surface area contributed by atoms with E-state index in [0.29, 0.717) is 40.4 Å². The van der Waals surface area contributed by atoms with Gasteiger partial charge in [0.25, 0.3) is 5.56 Å². The minimum atomic E-state index is -0.324. The van der Waals surface area contributed by atoms with Crippen LogP contribution in [0, 0.1) is 0 Å². The summed E-state index contributed by atoms with van der Waals surface area (Å²) >= 11 is 0. The maximum absolute atomic E-state index is 13.4. The summed E-state index contributed by atoms with van der Waals surface area (Å²) in [4.78, 5) is 30.3. The van der Waals surface area contributed by atoms with Crippen LogP contribution in [-0.2, 0) is 4.74 Å². The largest absolute Gasteiger partial charge is 0.462 e. The van der Waals surface area contributed by atoms with Gasteiger partial charge in [-0.3, -0.25) is 4.79 Å². The van der Waals surface area contributed by atoms with E-state index >= 15 is 0 Å². The van der Waals surface area contributed by atoms with Gasteiger partial charge in [-0.05, 0) is 55.7 Å². The Hall–Kier alpha value is -4.00. The second kappa shape index (κ2) is 11.4. The predicted molar refractivity (Wildman–Crippen MR) is 144 cm³/mol. The van der Waals surface area contributed by atoms with Crippen molar-refractivity contribution < 1.29 is 13.9 Å². The number of benzene rings is 2. The van der Waals surface area contributed by atoms with E-state index in [-0.39, 0.29) is 17.4 Å². The number of furan rings is 1. The van der Waals surface area contributed by atoms with E-state index < -0.39 is 0 Å². The lowest BCUT2D eigenvalue weighted by Crippen LogP contribution is -2.25. The van der Waals surface area contributed by atoms with Gasteiger partial charge in [-0.15, -0.1) is 0 Å². The number of rotatable bonds is 8. The molecule has 1 aliphatic carbocycles. The van der Waals surface area contributed by atoms with Crippen molar-refractivity contribution in [3.8, 4) is 11.3 Å². The fraction of sp³-hybridized carbons (Fsp3) is 0.333. The highest BCUT2D eigenvalue weighted by Gasteiger charge is 2.22. The van der Waals surface area contributed by atoms with Crippen molar-refractivity contribution in [2.75, 3.05) is 6.61 Å². The van der Waals surface area contributed by atoms with Gasteiger partial charge in [-0.2, -0.15) is 9.78 Å². The van der Waals surface area contributed by atoms with Gasteiger partial charge in [0.05, 0.1) is 29.3 Å². The molecule has 2 aromatic carbocycles. The van der Waals surface area contributed by atoms with Crippen molar-refractivity contribution in [2.45, 2.75) is 57.8 Å². The lowest BCUT2D eigenvalue weighted by atomic mass is 9.88. The molecule has 2 heterocycles. The molecule has 0 aliphatic heterocycles. The predicted octanol–water partition coefficient (Wildman–Crippen LogP) is 6.54. The van der Waals surface area contributed by atoms with E-state index in [2.05, 4.69) is 12.0 Å². The molecular weight excluding hydrogens is 466 g/mol. The standard InChI is InChI=1S/C30H31N3O4/c1-2-3-19-36-30(35)23-15-13-21(14-16-23)27-18-17-24(37-27)20-31-33-28(22-9-5-4-6-10-22)32-26-12-8-7-11-25(26)29(33)34/h7-8,11-18,20,22H,2-6,9-10,19H2,1H3. The van der Waals surface area contributed by atoms with Gasteiger partial charge in [0, 0.05) is 11.5 Å². The van der Waals surface area contributed by atoms with E-state index in [1.807, 2.05) is 42.5 Å². The summed E-state index contributed by atoms with van der Waals surface area (Å²) in [5.41, 5.74) is 1.87. The molecule has 1 saturated carbocycles. The second-order valence-corrected chi connectivity index (χ2v) is 9.45. The zero-order chi connectivity index (χ0) is 25.6. The van der Waals surface area contributed by atoms with Gasteiger partial charge < -0.3 is 9.15 Å². The highest BCUT2D eigenvalue weighted by molar-refractivity contribution is 5.90. The molecule has 190 valence electrons. The maximum atomic E-state index is 13.4. The van der Waals surface area contributed by atoms with Crippen molar-refractivity contribution in [1.82, 2.24) is 9.66 Å². The zero-order valence-electron chi connectivity index (χ0n) is 21.1. The first-order valence-electron chi connectivity index (χ1n) is 13.1. The Balaban J connectivity index is 1.39. The number of ether oxygens (including phenoxy) is 1. The molecule has 0 bridgehead atoms. The molecule has 0 amide bonds. The summed E-state index contributed by atoms with van der Waals surface area (Å²) in [6, 6.07) is 18.2. The van der Waals surface area contributed by atoms with Crippen molar-refractivity contribution in [3.05, 3.63) is 88.2 Å². The molecule has 4 aromatic rings. The Morgan fingerprint density at radius 1 is 1.08 bits per heavy atom. The molecule has 0 spiro atoms. The van der Waals surface area contributed by atoms with Gasteiger partial charge in [0.1, 0.15) is 17.3 Å². The number of hydrogen-bond donors (Lipinski definition) is 0. The third kappa shape index (κ3) is 5.56. The first-order chi connectivity index (χ1) is 18.1. The van der Waals surface area contributed by atoms with Gasteiger partial charge in [0.15, 0.2) is 0 Å². The third-order valence-electron chi connectivity index (χ3n) is 6.81. The molecule has 0 atom stereocenters. The summed E-state index contributed by atoms with van der Waals surface area (Å²) in [6.45, 7) is 2.48. The number of para-hydroxylation sites is 1. The molecule has 37 heavy (non-hydrogen) atoms. The molecule has 7 heteroatoms. The van der Waals surface area contributed by atoms with Gasteiger partial charge in [-0.25, -0.2) is 9.78 Å². The summed E-state index contributed by atoms with van der Waals surface area (Å²) in [6.07, 6.45) is 8.89. The third-order valence-corrected chi connectivity index (χ3v) is 6.81. The fourth-order valence-electron chi connectivity index (χ4n) is 4.73. The number of hydrogen-bond acceptors (Lipinski definition) is 6. The van der Waals surface area contributed by atoms with Crippen LogP contribution in [0.2, 0.25) is 0 Å². The van der Waals surface area contributed by atoms with Crippen molar-refractivity contribution >= 4 is 23.1 Å². The van der Waals surface area contributed by atoms with Crippen LogP contribution >= 0.6 is 0 Å². The number of unbranched alkanes of at least 4 members (excludes halogenated alkanes) is 1. The Morgan fingerprint density at radius 3 is 2.65 bits per heavy atom. The highest BCUT2D eigenvalue weighted by atomic mass is 16.5. The van der Waals surface area contributed by atoms with E-state index in [0.717, 1.165) is 44.1 Å². The fourth-order valence-corrected chi connectivity index (χ4v) is 4.73. The Labute approximate surface area is 215 Å². The minimum Gasteiger partial charge on any atom is -0.462 e. The molecule has 0 N–H and O–H groups in total. The van der Waals surface area contributed by atoms with Crippen LogP contribution in [0.1, 0.15) is 79.7 Å². The first kappa shape index (κ1) is 24.7. The molecule has 0 unspecified atom stereocenters. The summed E-state index contributed by atoms with van der Waals surface area (Å²) in [5, 5.41) is 5.09. The van der Waals surface area contributed by atoms with Crippen LogP contribution in [0.5, 0.6) is 0 Å². The molecular formula is C30H31N3O4. The van der Waals surface area contributed by atoms with Crippen LogP contribution in [0.3, 0.4) is 0 Å². The number of fused-ring (bicyclic) bond motifs is 1. The number of aromatic nitrogens is 2. The minimum absolute atomic E-state index is 0.171. The average Bonchev–Trinajstić information content (AvgIpc) is 3.42. The lowest BCUT2D eigenvalue weighted by Gasteiger charge is -2.22. The quantitative estimate of drug-likeness (QED) is 0.157. The Morgan fingerprint density at radius 2 is 1.86 bits per heavy atom. The number of carbonyl (C=O) groups excluding carboxylic acids is 1. The number of esters is 1. The summed E-state index contributed by atoms with van der Waals surface area (Å²) < 4.78 is 12.7. The van der Waals surface area contributed by atoms with E-state index in [1.54, 1.807) is 24.4 Å². The zero-order valence-corrected chi connectivity index (χ0v) is 21.1. The Kier molecular flexibility index (Phi) is 7.59. The monoisotopic (exact) mass is 497 g/mol. The Bertz CT molecular complexity index is 1460. The molecule has 0 radical (unpaired) electrons. The van der Waals surface area contributed by atoms with E-state index in [4.69, 9.17) is 14.1 Å². The van der Waals surface area contributed by atoms with Gasteiger partial charge in [-0.1, -0.05) is 56.9 Å².